The van der Waals surface area contributed by atoms with Gasteiger partial charge < -0.3 is 26.2 Å². The molecule has 3 aromatic rings. The molecule has 6 N–H and O–H groups in total. The van der Waals surface area contributed by atoms with Gasteiger partial charge in [-0.15, -0.1) is 0 Å². The van der Waals surface area contributed by atoms with E-state index in [1.165, 1.54) is 6.26 Å². The lowest BCUT2D eigenvalue weighted by Crippen LogP contribution is -2.46. The number of fused-ring (bicyclic) bond motifs is 1. The van der Waals surface area contributed by atoms with Crippen molar-refractivity contribution < 1.29 is 14.0 Å². The molecular formula is C19H23N5O3S. The van der Waals surface area contributed by atoms with Crippen molar-refractivity contribution in [2.24, 2.45) is 11.5 Å². The van der Waals surface area contributed by atoms with Crippen LogP contribution in [0.5, 0.6) is 0 Å². The van der Waals surface area contributed by atoms with Crippen LogP contribution in [0, 0.1) is 0 Å². The van der Waals surface area contributed by atoms with Gasteiger partial charge in [0.05, 0.1) is 6.04 Å². The molecule has 3 rings (SSSR count). The van der Waals surface area contributed by atoms with E-state index in [1.807, 2.05) is 36.7 Å². The van der Waals surface area contributed by atoms with E-state index >= 15 is 0 Å². The number of thioether (sulfide) groups is 1. The van der Waals surface area contributed by atoms with Gasteiger partial charge >= 0.3 is 0 Å². The third-order valence-electron chi connectivity index (χ3n) is 4.45. The van der Waals surface area contributed by atoms with Gasteiger partial charge in [-0.2, -0.15) is 11.8 Å². The predicted molar refractivity (Wildman–Crippen MR) is 109 cm³/mol. The summed E-state index contributed by atoms with van der Waals surface area (Å²) in [5.74, 6) is 0.000547. The molecule has 9 heteroatoms. The van der Waals surface area contributed by atoms with E-state index < -0.39 is 17.9 Å². The number of primary amides is 1. The normalized spacial score (nSPS) is 13.4. The zero-order valence-corrected chi connectivity index (χ0v) is 16.3. The van der Waals surface area contributed by atoms with Crippen LogP contribution in [-0.2, 0) is 11.2 Å². The number of aromatic amines is 1. The Morgan fingerprint density at radius 3 is 2.89 bits per heavy atom. The number of hydrogen-bond donors (Lipinski definition) is 4. The minimum absolute atomic E-state index is 0.0692. The first-order valence-electron chi connectivity index (χ1n) is 8.84. The second kappa shape index (κ2) is 8.94. The molecule has 0 radical (unpaired) electrons. The number of benzene rings is 1. The maximum atomic E-state index is 12.5. The molecule has 2 amide bonds. The van der Waals surface area contributed by atoms with Crippen LogP contribution in [0.25, 0.3) is 10.9 Å². The second-order valence-electron chi connectivity index (χ2n) is 6.45. The minimum Gasteiger partial charge on any atom is -0.446 e. The highest BCUT2D eigenvalue weighted by Crippen LogP contribution is 2.19. The first kappa shape index (κ1) is 20.0. The van der Waals surface area contributed by atoms with Crippen LogP contribution in [0.1, 0.15) is 34.4 Å². The number of para-hydroxylation sites is 1. The summed E-state index contributed by atoms with van der Waals surface area (Å²) in [4.78, 5) is 31.7. The van der Waals surface area contributed by atoms with Crippen molar-refractivity contribution in [2.45, 2.75) is 24.9 Å². The van der Waals surface area contributed by atoms with Gasteiger partial charge in [-0.25, -0.2) is 4.98 Å². The summed E-state index contributed by atoms with van der Waals surface area (Å²) in [5, 5.41) is 3.61. The Hall–Kier alpha value is -2.78. The molecule has 0 fully saturated rings. The van der Waals surface area contributed by atoms with Gasteiger partial charge in [-0.3, -0.25) is 9.59 Å². The van der Waals surface area contributed by atoms with E-state index in [-0.39, 0.29) is 18.2 Å². The van der Waals surface area contributed by atoms with Gasteiger partial charge in [-0.1, -0.05) is 18.2 Å². The average Bonchev–Trinajstić information content (AvgIpc) is 3.33. The van der Waals surface area contributed by atoms with Gasteiger partial charge in [0.25, 0.3) is 5.91 Å². The van der Waals surface area contributed by atoms with E-state index in [0.29, 0.717) is 12.3 Å². The van der Waals surface area contributed by atoms with Crippen molar-refractivity contribution >= 4 is 34.5 Å². The van der Waals surface area contributed by atoms with Gasteiger partial charge in [0, 0.05) is 23.5 Å². The summed E-state index contributed by atoms with van der Waals surface area (Å²) >= 11 is 1.67. The lowest BCUT2D eigenvalue weighted by atomic mass is 10.0. The highest BCUT2D eigenvalue weighted by atomic mass is 32.2. The van der Waals surface area contributed by atoms with Crippen LogP contribution in [0.3, 0.4) is 0 Å². The summed E-state index contributed by atoms with van der Waals surface area (Å²) in [6, 6.07) is 6.45. The third-order valence-corrected chi connectivity index (χ3v) is 5.10. The smallest absolute Gasteiger partial charge is 0.273 e. The fraction of sp³-hybridized carbons (Fsp3) is 0.316. The molecule has 148 valence electrons. The molecule has 1 aromatic carbocycles. The zero-order valence-electron chi connectivity index (χ0n) is 15.5. The fourth-order valence-electron chi connectivity index (χ4n) is 2.91. The molecular weight excluding hydrogens is 378 g/mol. The molecule has 0 bridgehead atoms. The topological polar surface area (TPSA) is 140 Å². The van der Waals surface area contributed by atoms with Crippen LogP contribution in [0.15, 0.2) is 41.1 Å². The van der Waals surface area contributed by atoms with E-state index in [4.69, 9.17) is 15.9 Å². The summed E-state index contributed by atoms with van der Waals surface area (Å²) in [6.45, 7) is 0. The summed E-state index contributed by atoms with van der Waals surface area (Å²) in [6.07, 6.45) is 5.99. The number of H-pyrrole nitrogens is 1. The molecule has 0 spiro atoms. The number of amides is 2. The van der Waals surface area contributed by atoms with Crippen LogP contribution < -0.4 is 16.8 Å². The molecule has 0 aliphatic rings. The Labute approximate surface area is 166 Å². The molecule has 0 saturated heterocycles. The van der Waals surface area contributed by atoms with Crippen LogP contribution in [0.2, 0.25) is 0 Å². The molecule has 2 unspecified atom stereocenters. The number of carbonyl (C=O) groups is 2. The van der Waals surface area contributed by atoms with Crippen LogP contribution >= 0.6 is 11.8 Å². The zero-order chi connectivity index (χ0) is 20.1. The number of nitrogens with one attached hydrogen (secondary N) is 2. The molecule has 28 heavy (non-hydrogen) atoms. The van der Waals surface area contributed by atoms with Crippen LogP contribution in [-0.4, -0.2) is 39.8 Å². The van der Waals surface area contributed by atoms with E-state index in [0.717, 1.165) is 22.2 Å². The lowest BCUT2D eigenvalue weighted by Gasteiger charge is -2.14. The predicted octanol–water partition coefficient (Wildman–Crippen LogP) is 1.74. The van der Waals surface area contributed by atoms with Crippen molar-refractivity contribution in [3.8, 4) is 0 Å². The molecule has 0 aliphatic carbocycles. The molecule has 2 heterocycles. The average molecular weight is 401 g/mol. The van der Waals surface area contributed by atoms with Gasteiger partial charge in [0.2, 0.25) is 11.8 Å². The molecule has 8 nitrogen and oxygen atoms in total. The Morgan fingerprint density at radius 1 is 1.36 bits per heavy atom. The second-order valence-corrected chi connectivity index (χ2v) is 7.44. The highest BCUT2D eigenvalue weighted by molar-refractivity contribution is 7.98. The number of nitrogens with zero attached hydrogens (tertiary/aromatic N) is 1. The molecule has 2 atom stereocenters. The quantitative estimate of drug-likeness (QED) is 0.430. The molecule has 0 saturated carbocycles. The van der Waals surface area contributed by atoms with Gasteiger partial charge in [0.1, 0.15) is 12.3 Å². The van der Waals surface area contributed by atoms with Crippen molar-refractivity contribution in [2.75, 3.05) is 12.0 Å². The van der Waals surface area contributed by atoms with Crippen LogP contribution in [0.4, 0.5) is 0 Å². The molecule has 2 aromatic heterocycles. The SMILES string of the molecule is CSCCC(N)c1nc(C(=O)NC(Cc2c[nH]c3ccccc23)C(N)=O)co1. The fourth-order valence-corrected chi connectivity index (χ4v) is 3.40. The monoisotopic (exact) mass is 401 g/mol. The molecule has 0 aliphatic heterocycles. The van der Waals surface area contributed by atoms with Crippen molar-refractivity contribution in [3.05, 3.63) is 53.9 Å². The number of nitrogens with two attached hydrogens (primary N) is 2. The maximum Gasteiger partial charge on any atom is 0.273 e. The number of oxazole rings is 1. The van der Waals surface area contributed by atoms with E-state index in [9.17, 15) is 9.59 Å². The highest BCUT2D eigenvalue weighted by Gasteiger charge is 2.23. The summed E-state index contributed by atoms with van der Waals surface area (Å²) in [7, 11) is 0. The third kappa shape index (κ3) is 4.55. The summed E-state index contributed by atoms with van der Waals surface area (Å²) in [5.41, 5.74) is 13.4. The van der Waals surface area contributed by atoms with Crippen molar-refractivity contribution in [1.82, 2.24) is 15.3 Å². The largest absolute Gasteiger partial charge is 0.446 e. The van der Waals surface area contributed by atoms with E-state index in [2.05, 4.69) is 15.3 Å². The Morgan fingerprint density at radius 2 is 2.14 bits per heavy atom. The maximum absolute atomic E-state index is 12.5. The number of carbonyl (C=O) groups excluding carboxylic acids is 2. The lowest BCUT2D eigenvalue weighted by molar-refractivity contribution is -0.119. The first-order valence-corrected chi connectivity index (χ1v) is 10.2. The number of rotatable bonds is 9. The standard InChI is InChI=1S/C19H23N5O3S/c1-28-7-6-13(20)19-24-16(10-27-19)18(26)23-15(17(21)25)8-11-9-22-14-5-3-2-4-12(11)14/h2-5,9-10,13,15,22H,6-8,20H2,1H3,(H2,21,25)(H,23,26). The van der Waals surface area contributed by atoms with Gasteiger partial charge in [0.15, 0.2) is 5.69 Å². The Kier molecular flexibility index (Phi) is 6.37. The van der Waals surface area contributed by atoms with E-state index in [1.54, 1.807) is 11.8 Å². The first-order chi connectivity index (χ1) is 13.5. The Bertz CT molecular complexity index is 967. The van der Waals surface area contributed by atoms with Crippen molar-refractivity contribution in [3.63, 3.8) is 0 Å². The number of aromatic nitrogens is 2. The number of hydrogen-bond acceptors (Lipinski definition) is 6. The Balaban J connectivity index is 1.70. The summed E-state index contributed by atoms with van der Waals surface area (Å²) < 4.78 is 5.32. The minimum atomic E-state index is -0.878. The van der Waals surface area contributed by atoms with Crippen molar-refractivity contribution in [1.29, 1.82) is 0 Å². The van der Waals surface area contributed by atoms with Gasteiger partial charge in [-0.05, 0) is 30.1 Å².